The van der Waals surface area contributed by atoms with E-state index < -0.39 is 10.0 Å². The van der Waals surface area contributed by atoms with E-state index in [-0.39, 0.29) is 16.7 Å². The van der Waals surface area contributed by atoms with E-state index in [2.05, 4.69) is 17.2 Å². The number of rotatable bonds is 6. The molecule has 2 rings (SSSR count). The van der Waals surface area contributed by atoms with E-state index in [9.17, 15) is 13.2 Å². The number of amides is 1. The molecule has 1 aliphatic carbocycles. The zero-order valence-electron chi connectivity index (χ0n) is 10.8. The smallest absolute Gasteiger partial charge is 0.257 e. The first-order valence-corrected chi connectivity index (χ1v) is 7.92. The second-order valence-corrected chi connectivity index (χ2v) is 6.45. The van der Waals surface area contributed by atoms with Crippen LogP contribution in [0.1, 0.15) is 31.7 Å². The molecule has 0 saturated heterocycles. The van der Waals surface area contributed by atoms with E-state index in [1.54, 1.807) is 24.3 Å². The van der Waals surface area contributed by atoms with Crippen LogP contribution in [-0.4, -0.2) is 14.3 Å². The van der Waals surface area contributed by atoms with Gasteiger partial charge in [-0.1, -0.05) is 25.5 Å². The van der Waals surface area contributed by atoms with Crippen molar-refractivity contribution in [3.8, 4) is 0 Å². The lowest BCUT2D eigenvalue weighted by molar-refractivity contribution is -0.122. The lowest BCUT2D eigenvalue weighted by atomic mass is 10.1. The van der Waals surface area contributed by atoms with Gasteiger partial charge < -0.3 is 0 Å². The molecule has 1 aromatic carbocycles. The van der Waals surface area contributed by atoms with E-state index in [1.807, 2.05) is 0 Å². The quantitative estimate of drug-likeness (QED) is 0.774. The Morgan fingerprint density at radius 2 is 1.89 bits per heavy atom. The van der Waals surface area contributed by atoms with E-state index in [0.29, 0.717) is 0 Å². The summed E-state index contributed by atoms with van der Waals surface area (Å²) in [4.78, 5) is 13.7. The highest BCUT2D eigenvalue weighted by Gasteiger charge is 2.30. The van der Waals surface area contributed by atoms with Crippen LogP contribution in [0.15, 0.2) is 29.2 Å². The molecule has 0 unspecified atom stereocenters. The van der Waals surface area contributed by atoms with Gasteiger partial charge in [-0.3, -0.25) is 10.2 Å². The Labute approximate surface area is 113 Å². The van der Waals surface area contributed by atoms with Gasteiger partial charge in [0.15, 0.2) is 0 Å². The predicted octanol–water partition coefficient (Wildman–Crippen LogP) is 1.36. The minimum atomic E-state index is -3.67. The predicted molar refractivity (Wildman–Crippen MR) is 71.6 cm³/mol. The molecule has 1 amide bonds. The molecule has 1 fully saturated rings. The van der Waals surface area contributed by atoms with Crippen LogP contribution < -0.4 is 10.3 Å². The molecule has 19 heavy (non-hydrogen) atoms. The second-order valence-electron chi connectivity index (χ2n) is 4.76. The van der Waals surface area contributed by atoms with Gasteiger partial charge in [-0.25, -0.2) is 8.42 Å². The molecule has 0 spiro atoms. The first-order chi connectivity index (χ1) is 9.03. The van der Waals surface area contributed by atoms with E-state index in [4.69, 9.17) is 0 Å². The van der Waals surface area contributed by atoms with Gasteiger partial charge in [-0.15, -0.1) is 4.83 Å². The normalized spacial score (nSPS) is 15.2. The Morgan fingerprint density at radius 3 is 2.42 bits per heavy atom. The third-order valence-electron chi connectivity index (χ3n) is 3.03. The van der Waals surface area contributed by atoms with Crippen LogP contribution >= 0.6 is 0 Å². The van der Waals surface area contributed by atoms with Crippen LogP contribution in [0.3, 0.4) is 0 Å². The number of carbonyl (C=O) groups excluding carboxylic acids is 1. The van der Waals surface area contributed by atoms with E-state index >= 15 is 0 Å². The molecule has 0 aromatic heterocycles. The minimum Gasteiger partial charge on any atom is -0.277 e. The fourth-order valence-corrected chi connectivity index (χ4v) is 2.60. The third kappa shape index (κ3) is 3.78. The van der Waals surface area contributed by atoms with E-state index in [1.165, 1.54) is 0 Å². The maximum absolute atomic E-state index is 11.9. The Balaban J connectivity index is 1.99. The molecule has 6 heteroatoms. The number of sulfonamides is 1. The summed E-state index contributed by atoms with van der Waals surface area (Å²) in [5, 5.41) is 0. The Kier molecular flexibility index (Phi) is 4.21. The largest absolute Gasteiger partial charge is 0.277 e. The Hall–Kier alpha value is -1.40. The molecule has 1 aromatic rings. The second kappa shape index (κ2) is 5.71. The van der Waals surface area contributed by atoms with Gasteiger partial charge >= 0.3 is 0 Å². The van der Waals surface area contributed by atoms with Gasteiger partial charge in [0.25, 0.3) is 10.0 Å². The average Bonchev–Trinajstić information content (AvgIpc) is 3.21. The minimum absolute atomic E-state index is 0.0327. The molecule has 2 N–H and O–H groups in total. The molecule has 1 saturated carbocycles. The number of carbonyl (C=O) groups is 1. The van der Waals surface area contributed by atoms with Crippen LogP contribution in [0.2, 0.25) is 0 Å². The number of benzene rings is 1. The summed E-state index contributed by atoms with van der Waals surface area (Å²) >= 11 is 0. The average molecular weight is 282 g/mol. The topological polar surface area (TPSA) is 75.3 Å². The number of hydrogen-bond acceptors (Lipinski definition) is 3. The Morgan fingerprint density at radius 1 is 1.26 bits per heavy atom. The highest BCUT2D eigenvalue weighted by molar-refractivity contribution is 7.89. The van der Waals surface area contributed by atoms with Gasteiger partial charge in [-0.2, -0.15) is 0 Å². The van der Waals surface area contributed by atoms with Crippen molar-refractivity contribution in [2.45, 2.75) is 37.5 Å². The highest BCUT2D eigenvalue weighted by atomic mass is 32.2. The molecule has 0 heterocycles. The summed E-state index contributed by atoms with van der Waals surface area (Å²) in [6.07, 6.45) is 3.60. The molecule has 0 atom stereocenters. The van der Waals surface area contributed by atoms with Crippen molar-refractivity contribution < 1.29 is 13.2 Å². The van der Waals surface area contributed by atoms with Crippen LogP contribution in [0.4, 0.5) is 0 Å². The summed E-state index contributed by atoms with van der Waals surface area (Å²) in [6.45, 7) is 2.07. The lowest BCUT2D eigenvalue weighted by Gasteiger charge is -2.08. The van der Waals surface area contributed by atoms with Crippen molar-refractivity contribution >= 4 is 15.9 Å². The first-order valence-electron chi connectivity index (χ1n) is 6.43. The molecule has 0 radical (unpaired) electrons. The maximum atomic E-state index is 11.9. The maximum Gasteiger partial charge on any atom is 0.257 e. The van der Waals surface area contributed by atoms with Crippen LogP contribution in [-0.2, 0) is 21.2 Å². The number of nitrogens with one attached hydrogen (secondary N) is 2. The van der Waals surface area contributed by atoms with Crippen LogP contribution in [0, 0.1) is 5.92 Å². The van der Waals surface area contributed by atoms with Crippen molar-refractivity contribution in [2.24, 2.45) is 5.92 Å². The van der Waals surface area contributed by atoms with Crippen molar-refractivity contribution in [1.82, 2.24) is 10.3 Å². The molecule has 104 valence electrons. The fourth-order valence-electron chi connectivity index (χ4n) is 1.75. The van der Waals surface area contributed by atoms with Crippen molar-refractivity contribution in [3.05, 3.63) is 29.8 Å². The van der Waals surface area contributed by atoms with E-state index in [0.717, 1.165) is 31.2 Å². The van der Waals surface area contributed by atoms with Gasteiger partial charge in [-0.05, 0) is 37.0 Å². The third-order valence-corrected chi connectivity index (χ3v) is 4.29. The summed E-state index contributed by atoms with van der Waals surface area (Å²) in [5.41, 5.74) is 3.35. The summed E-state index contributed by atoms with van der Waals surface area (Å²) in [6, 6.07) is 6.69. The SMILES string of the molecule is CCCc1ccc(S(=O)(=O)NNC(=O)C2CC2)cc1. The van der Waals surface area contributed by atoms with Crippen molar-refractivity contribution in [1.29, 1.82) is 0 Å². The van der Waals surface area contributed by atoms with Gasteiger partial charge in [0, 0.05) is 5.92 Å². The molecule has 5 nitrogen and oxygen atoms in total. The number of aryl methyl sites for hydroxylation is 1. The Bertz CT molecular complexity index is 548. The lowest BCUT2D eigenvalue weighted by Crippen LogP contribution is -2.42. The monoisotopic (exact) mass is 282 g/mol. The zero-order valence-corrected chi connectivity index (χ0v) is 11.7. The van der Waals surface area contributed by atoms with Crippen LogP contribution in [0.25, 0.3) is 0 Å². The van der Waals surface area contributed by atoms with Gasteiger partial charge in [0.1, 0.15) is 0 Å². The molecular weight excluding hydrogens is 264 g/mol. The summed E-state index contributed by atoms with van der Waals surface area (Å²) in [5.74, 6) is -0.291. The highest BCUT2D eigenvalue weighted by Crippen LogP contribution is 2.28. The van der Waals surface area contributed by atoms with Gasteiger partial charge in [0.05, 0.1) is 4.90 Å². The summed E-state index contributed by atoms with van der Waals surface area (Å²) in [7, 11) is -3.67. The molecule has 0 bridgehead atoms. The molecular formula is C13H18N2O3S. The first kappa shape index (κ1) is 14.0. The van der Waals surface area contributed by atoms with Crippen molar-refractivity contribution in [3.63, 3.8) is 0 Å². The van der Waals surface area contributed by atoms with Gasteiger partial charge in [0.2, 0.25) is 5.91 Å². The number of hydrazine groups is 1. The van der Waals surface area contributed by atoms with Crippen LogP contribution in [0.5, 0.6) is 0 Å². The molecule has 0 aliphatic heterocycles. The molecule has 1 aliphatic rings. The number of hydrogen-bond donors (Lipinski definition) is 2. The zero-order chi connectivity index (χ0) is 13.9. The fraction of sp³-hybridized carbons (Fsp3) is 0.462. The summed E-state index contributed by atoms with van der Waals surface area (Å²) < 4.78 is 23.8. The van der Waals surface area contributed by atoms with Crippen molar-refractivity contribution in [2.75, 3.05) is 0 Å². The standard InChI is InChI=1S/C13H18N2O3S/c1-2-3-10-4-8-12(9-5-10)19(17,18)15-14-13(16)11-6-7-11/h4-5,8-9,11,15H,2-3,6-7H2,1H3,(H,14,16).